The summed E-state index contributed by atoms with van der Waals surface area (Å²) >= 11 is 6.16. The molecule has 1 unspecified atom stereocenters. The molecule has 1 heterocycles. The zero-order valence-electron chi connectivity index (χ0n) is 11.1. The van der Waals surface area contributed by atoms with Gasteiger partial charge in [0.15, 0.2) is 0 Å². The van der Waals surface area contributed by atoms with Crippen molar-refractivity contribution < 1.29 is 24.5 Å². The molecule has 0 bridgehead atoms. The minimum atomic E-state index is -1.11. The van der Waals surface area contributed by atoms with Crippen LogP contribution < -0.4 is 4.74 Å². The van der Waals surface area contributed by atoms with E-state index in [0.29, 0.717) is 11.3 Å². The van der Waals surface area contributed by atoms with Crippen molar-refractivity contribution in [3.8, 4) is 11.5 Å². The van der Waals surface area contributed by atoms with Crippen LogP contribution >= 0.6 is 24.0 Å². The van der Waals surface area contributed by atoms with Gasteiger partial charge in [-0.2, -0.15) is 0 Å². The predicted molar refractivity (Wildman–Crippen MR) is 81.7 cm³/mol. The normalized spacial score (nSPS) is 18.1. The SMILES string of the molecule is COc1ccc(O)c(CC2SC(=S)N(CC(=O)O)C2=O)c1. The Bertz CT molecular complexity index is 604. The Balaban J connectivity index is 2.15. The number of carbonyl (C=O) groups excluding carboxylic acids is 1. The van der Waals surface area contributed by atoms with E-state index in [1.54, 1.807) is 12.1 Å². The van der Waals surface area contributed by atoms with Crippen LogP contribution in [0.1, 0.15) is 5.56 Å². The number of thioether (sulfide) groups is 1. The second-order valence-electron chi connectivity index (χ2n) is 4.39. The largest absolute Gasteiger partial charge is 0.508 e. The Kier molecular flexibility index (Phi) is 4.69. The number of carbonyl (C=O) groups is 2. The highest BCUT2D eigenvalue weighted by Crippen LogP contribution is 2.33. The Hall–Kier alpha value is -1.80. The van der Waals surface area contributed by atoms with Gasteiger partial charge in [-0.15, -0.1) is 0 Å². The molecule has 0 aromatic heterocycles. The fourth-order valence-corrected chi connectivity index (χ4v) is 3.48. The molecule has 21 heavy (non-hydrogen) atoms. The van der Waals surface area contributed by atoms with E-state index in [1.807, 2.05) is 0 Å². The van der Waals surface area contributed by atoms with E-state index in [0.717, 1.165) is 16.7 Å². The first-order valence-electron chi connectivity index (χ1n) is 6.02. The van der Waals surface area contributed by atoms with Crippen molar-refractivity contribution in [3.05, 3.63) is 23.8 Å². The summed E-state index contributed by atoms with van der Waals surface area (Å²) < 4.78 is 5.32. The third-order valence-electron chi connectivity index (χ3n) is 2.99. The zero-order chi connectivity index (χ0) is 15.6. The average Bonchev–Trinajstić information content (AvgIpc) is 2.68. The molecule has 6 nitrogen and oxygen atoms in total. The third kappa shape index (κ3) is 3.45. The number of aromatic hydroxyl groups is 1. The van der Waals surface area contributed by atoms with Crippen molar-refractivity contribution in [2.24, 2.45) is 0 Å². The number of hydrogen-bond donors (Lipinski definition) is 2. The van der Waals surface area contributed by atoms with Crippen LogP contribution in [0.5, 0.6) is 11.5 Å². The molecule has 2 N–H and O–H groups in total. The van der Waals surface area contributed by atoms with Gasteiger partial charge in [-0.3, -0.25) is 14.5 Å². The van der Waals surface area contributed by atoms with Gasteiger partial charge in [-0.1, -0.05) is 24.0 Å². The number of methoxy groups -OCH3 is 1. The van der Waals surface area contributed by atoms with Crippen molar-refractivity contribution >= 4 is 40.2 Å². The first-order chi connectivity index (χ1) is 9.92. The van der Waals surface area contributed by atoms with Crippen molar-refractivity contribution in [3.63, 3.8) is 0 Å². The second-order valence-corrected chi connectivity index (χ2v) is 6.23. The molecule has 2 rings (SSSR count). The Morgan fingerprint density at radius 1 is 1.52 bits per heavy atom. The maximum Gasteiger partial charge on any atom is 0.323 e. The summed E-state index contributed by atoms with van der Waals surface area (Å²) in [7, 11) is 1.51. The van der Waals surface area contributed by atoms with Gasteiger partial charge in [0.2, 0.25) is 5.91 Å². The topological polar surface area (TPSA) is 87.1 Å². The molecule has 1 amide bonds. The summed E-state index contributed by atoms with van der Waals surface area (Å²) in [6.07, 6.45) is 0.253. The minimum absolute atomic E-state index is 0.0619. The number of ether oxygens (including phenoxy) is 1. The van der Waals surface area contributed by atoms with E-state index >= 15 is 0 Å². The molecular formula is C13H13NO5S2. The van der Waals surface area contributed by atoms with Crippen LogP contribution in [0.15, 0.2) is 18.2 Å². The van der Waals surface area contributed by atoms with Crippen LogP contribution in [-0.4, -0.2) is 50.2 Å². The second kappa shape index (κ2) is 6.31. The highest BCUT2D eigenvalue weighted by Gasteiger charge is 2.38. The lowest BCUT2D eigenvalue weighted by Gasteiger charge is -2.13. The molecule has 1 atom stereocenters. The predicted octanol–water partition coefficient (Wildman–Crippen LogP) is 1.26. The lowest BCUT2D eigenvalue weighted by Crippen LogP contribution is -2.36. The number of aliphatic carboxylic acids is 1. The highest BCUT2D eigenvalue weighted by molar-refractivity contribution is 8.24. The number of amides is 1. The molecule has 0 aliphatic carbocycles. The molecule has 1 fully saturated rings. The molecule has 0 spiro atoms. The van der Waals surface area contributed by atoms with Gasteiger partial charge in [0.25, 0.3) is 0 Å². The number of phenolic OH excluding ortho intramolecular Hbond substituents is 1. The van der Waals surface area contributed by atoms with Crippen LogP contribution in [-0.2, 0) is 16.0 Å². The Morgan fingerprint density at radius 3 is 2.86 bits per heavy atom. The average molecular weight is 327 g/mol. The van der Waals surface area contributed by atoms with Gasteiger partial charge in [-0.25, -0.2) is 0 Å². The van der Waals surface area contributed by atoms with E-state index < -0.39 is 17.8 Å². The third-order valence-corrected chi connectivity index (χ3v) is 4.57. The zero-order valence-corrected chi connectivity index (χ0v) is 12.7. The maximum absolute atomic E-state index is 12.2. The van der Waals surface area contributed by atoms with E-state index in [2.05, 4.69) is 0 Å². The standard InChI is InChI=1S/C13H13NO5S2/c1-19-8-2-3-9(15)7(4-8)5-10-12(18)14(6-11(16)17)13(20)21-10/h2-4,10,15H,5-6H2,1H3,(H,16,17). The monoisotopic (exact) mass is 327 g/mol. The van der Waals surface area contributed by atoms with E-state index in [1.165, 1.54) is 13.2 Å². The molecule has 1 aromatic rings. The van der Waals surface area contributed by atoms with Crippen LogP contribution in [0, 0.1) is 0 Å². The summed E-state index contributed by atoms with van der Waals surface area (Å²) in [6.45, 7) is -0.439. The summed E-state index contributed by atoms with van der Waals surface area (Å²) in [4.78, 5) is 24.0. The maximum atomic E-state index is 12.2. The lowest BCUT2D eigenvalue weighted by atomic mass is 10.1. The van der Waals surface area contributed by atoms with Crippen molar-refractivity contribution in [1.82, 2.24) is 4.90 Å². The van der Waals surface area contributed by atoms with Crippen molar-refractivity contribution in [1.29, 1.82) is 0 Å². The number of hydrogen-bond acceptors (Lipinski definition) is 6. The summed E-state index contributed by atoms with van der Waals surface area (Å²) in [5.41, 5.74) is 0.556. The van der Waals surface area contributed by atoms with Crippen LogP contribution in [0.2, 0.25) is 0 Å². The molecule has 0 saturated carbocycles. The molecule has 1 aliphatic heterocycles. The highest BCUT2D eigenvalue weighted by atomic mass is 32.2. The van der Waals surface area contributed by atoms with Gasteiger partial charge in [0.1, 0.15) is 22.4 Å². The number of benzene rings is 1. The van der Waals surface area contributed by atoms with Gasteiger partial charge in [0.05, 0.1) is 12.4 Å². The Labute approximate surface area is 130 Å². The molecule has 112 valence electrons. The molecule has 1 aromatic carbocycles. The molecule has 1 saturated heterocycles. The quantitative estimate of drug-likeness (QED) is 0.787. The molecule has 1 aliphatic rings. The Morgan fingerprint density at radius 2 is 2.24 bits per heavy atom. The van der Waals surface area contributed by atoms with E-state index in [-0.39, 0.29) is 22.4 Å². The number of thiocarbonyl (C=S) groups is 1. The molecular weight excluding hydrogens is 314 g/mol. The first-order valence-corrected chi connectivity index (χ1v) is 7.31. The number of carboxylic acids is 1. The fourth-order valence-electron chi connectivity index (χ4n) is 1.96. The smallest absolute Gasteiger partial charge is 0.323 e. The van der Waals surface area contributed by atoms with Crippen molar-refractivity contribution in [2.45, 2.75) is 11.7 Å². The fraction of sp³-hybridized carbons (Fsp3) is 0.308. The van der Waals surface area contributed by atoms with Gasteiger partial charge in [-0.05, 0) is 30.2 Å². The van der Waals surface area contributed by atoms with Gasteiger partial charge >= 0.3 is 5.97 Å². The summed E-state index contributed by atoms with van der Waals surface area (Å²) in [5.74, 6) is -0.833. The van der Waals surface area contributed by atoms with Crippen molar-refractivity contribution in [2.75, 3.05) is 13.7 Å². The van der Waals surface area contributed by atoms with E-state index in [4.69, 9.17) is 22.1 Å². The van der Waals surface area contributed by atoms with Gasteiger partial charge in [0, 0.05) is 0 Å². The van der Waals surface area contributed by atoms with Crippen LogP contribution in [0.3, 0.4) is 0 Å². The first kappa shape index (κ1) is 15.6. The van der Waals surface area contributed by atoms with Crippen LogP contribution in [0.4, 0.5) is 0 Å². The summed E-state index contributed by atoms with van der Waals surface area (Å²) in [5, 5.41) is 18.1. The number of nitrogens with zero attached hydrogens (tertiary/aromatic N) is 1. The van der Waals surface area contributed by atoms with Gasteiger partial charge < -0.3 is 14.9 Å². The number of rotatable bonds is 5. The molecule has 8 heteroatoms. The lowest BCUT2D eigenvalue weighted by molar-refractivity contribution is -0.141. The number of carboxylic acid groups (broad SMARTS) is 1. The molecule has 0 radical (unpaired) electrons. The summed E-state index contributed by atoms with van der Waals surface area (Å²) in [6, 6.07) is 4.75. The van der Waals surface area contributed by atoms with E-state index in [9.17, 15) is 14.7 Å². The van der Waals surface area contributed by atoms with Crippen LogP contribution in [0.25, 0.3) is 0 Å². The number of phenols is 1. The minimum Gasteiger partial charge on any atom is -0.508 e.